The molecule has 2 aromatic rings. The molecule has 1 fully saturated rings. The average molecular weight is 312 g/mol. The van der Waals surface area contributed by atoms with Crippen LogP contribution < -0.4 is 10.6 Å². The maximum absolute atomic E-state index is 12.0. The van der Waals surface area contributed by atoms with E-state index in [0.717, 1.165) is 12.8 Å². The summed E-state index contributed by atoms with van der Waals surface area (Å²) in [5.74, 6) is 0.176. The quantitative estimate of drug-likeness (QED) is 0.890. The van der Waals surface area contributed by atoms with Crippen molar-refractivity contribution in [1.29, 1.82) is 0 Å². The number of nitrogens with one attached hydrogen (secondary N) is 2. The van der Waals surface area contributed by atoms with Crippen molar-refractivity contribution in [3.8, 4) is 0 Å². The van der Waals surface area contributed by atoms with E-state index in [1.807, 2.05) is 10.7 Å². The Morgan fingerprint density at radius 2 is 1.87 bits per heavy atom. The SMILES string of the molecule is O=C(CNC(=O)c1ccccc1)Nc1ccnn1C1CCCC1. The molecule has 0 spiro atoms. The van der Waals surface area contributed by atoms with Crippen LogP contribution in [0.3, 0.4) is 0 Å². The van der Waals surface area contributed by atoms with Crippen LogP contribution in [0.15, 0.2) is 42.6 Å². The van der Waals surface area contributed by atoms with Crippen LogP contribution in [0.4, 0.5) is 5.82 Å². The summed E-state index contributed by atoms with van der Waals surface area (Å²) in [5.41, 5.74) is 0.538. The van der Waals surface area contributed by atoms with E-state index in [4.69, 9.17) is 0 Å². The highest BCUT2D eigenvalue weighted by Gasteiger charge is 2.20. The molecule has 2 N–H and O–H groups in total. The van der Waals surface area contributed by atoms with Gasteiger partial charge in [0.05, 0.1) is 18.8 Å². The number of hydrogen-bond donors (Lipinski definition) is 2. The first-order chi connectivity index (χ1) is 11.2. The Kier molecular flexibility index (Phi) is 4.71. The Bertz CT molecular complexity index is 675. The molecule has 0 saturated heterocycles. The molecule has 1 aromatic heterocycles. The van der Waals surface area contributed by atoms with Crippen molar-refractivity contribution in [3.63, 3.8) is 0 Å². The zero-order valence-electron chi connectivity index (χ0n) is 12.9. The molecule has 0 unspecified atom stereocenters. The monoisotopic (exact) mass is 312 g/mol. The van der Waals surface area contributed by atoms with Crippen molar-refractivity contribution >= 4 is 17.6 Å². The first kappa shape index (κ1) is 15.3. The number of hydrogen-bond acceptors (Lipinski definition) is 3. The van der Waals surface area contributed by atoms with E-state index in [9.17, 15) is 9.59 Å². The minimum Gasteiger partial charge on any atom is -0.343 e. The van der Waals surface area contributed by atoms with Crippen molar-refractivity contribution in [2.45, 2.75) is 31.7 Å². The molecule has 6 heteroatoms. The third-order valence-corrected chi connectivity index (χ3v) is 4.05. The highest BCUT2D eigenvalue weighted by Crippen LogP contribution is 2.31. The van der Waals surface area contributed by atoms with Crippen molar-refractivity contribution in [2.24, 2.45) is 0 Å². The predicted octanol–water partition coefficient (Wildman–Crippen LogP) is 2.37. The fourth-order valence-corrected chi connectivity index (χ4v) is 2.89. The van der Waals surface area contributed by atoms with E-state index in [0.29, 0.717) is 17.4 Å². The number of nitrogens with zero attached hydrogens (tertiary/aromatic N) is 2. The highest BCUT2D eigenvalue weighted by atomic mass is 16.2. The molecule has 1 aliphatic carbocycles. The third kappa shape index (κ3) is 3.77. The molecule has 120 valence electrons. The first-order valence-electron chi connectivity index (χ1n) is 7.90. The van der Waals surface area contributed by atoms with Crippen LogP contribution in [0.25, 0.3) is 0 Å². The molecule has 1 heterocycles. The van der Waals surface area contributed by atoms with Gasteiger partial charge in [0.25, 0.3) is 5.91 Å². The van der Waals surface area contributed by atoms with E-state index in [2.05, 4.69) is 15.7 Å². The summed E-state index contributed by atoms with van der Waals surface area (Å²) in [6.07, 6.45) is 6.27. The summed E-state index contributed by atoms with van der Waals surface area (Å²) in [6.45, 7) is -0.0659. The van der Waals surface area contributed by atoms with Gasteiger partial charge >= 0.3 is 0 Å². The van der Waals surface area contributed by atoms with E-state index in [-0.39, 0.29) is 18.4 Å². The molecule has 6 nitrogen and oxygen atoms in total. The molecule has 0 aliphatic heterocycles. The van der Waals surface area contributed by atoms with Gasteiger partial charge in [-0.15, -0.1) is 0 Å². The van der Waals surface area contributed by atoms with Crippen LogP contribution in [-0.4, -0.2) is 28.1 Å². The van der Waals surface area contributed by atoms with Crippen molar-refractivity contribution in [1.82, 2.24) is 15.1 Å². The predicted molar refractivity (Wildman–Crippen MR) is 87.1 cm³/mol. The Morgan fingerprint density at radius 1 is 1.13 bits per heavy atom. The molecule has 1 aromatic carbocycles. The topological polar surface area (TPSA) is 76.0 Å². The highest BCUT2D eigenvalue weighted by molar-refractivity contribution is 5.99. The molecular weight excluding hydrogens is 292 g/mol. The smallest absolute Gasteiger partial charge is 0.251 e. The van der Waals surface area contributed by atoms with Gasteiger partial charge in [0.1, 0.15) is 5.82 Å². The van der Waals surface area contributed by atoms with Crippen LogP contribution in [0, 0.1) is 0 Å². The number of rotatable bonds is 5. The average Bonchev–Trinajstić information content (AvgIpc) is 3.24. The van der Waals surface area contributed by atoms with Gasteiger partial charge in [0.2, 0.25) is 5.91 Å². The fraction of sp³-hybridized carbons (Fsp3) is 0.353. The Labute approximate surface area is 134 Å². The molecule has 1 saturated carbocycles. The van der Waals surface area contributed by atoms with Gasteiger partial charge in [-0.1, -0.05) is 31.0 Å². The van der Waals surface area contributed by atoms with Gasteiger partial charge in [-0.25, -0.2) is 4.68 Å². The summed E-state index contributed by atoms with van der Waals surface area (Å²) in [6, 6.07) is 11.0. The molecule has 23 heavy (non-hydrogen) atoms. The maximum Gasteiger partial charge on any atom is 0.251 e. The Balaban J connectivity index is 1.54. The van der Waals surface area contributed by atoms with Crippen molar-refractivity contribution in [3.05, 3.63) is 48.2 Å². The Morgan fingerprint density at radius 3 is 2.61 bits per heavy atom. The van der Waals surface area contributed by atoms with Crippen molar-refractivity contribution in [2.75, 3.05) is 11.9 Å². The van der Waals surface area contributed by atoms with Gasteiger partial charge in [-0.2, -0.15) is 5.10 Å². The minimum absolute atomic E-state index is 0.0659. The lowest BCUT2D eigenvalue weighted by Gasteiger charge is -2.14. The molecular formula is C17H20N4O2. The molecule has 0 bridgehead atoms. The summed E-state index contributed by atoms with van der Waals surface area (Å²) in [4.78, 5) is 24.0. The maximum atomic E-state index is 12.0. The second kappa shape index (κ2) is 7.09. The van der Waals surface area contributed by atoms with Gasteiger partial charge < -0.3 is 10.6 Å². The fourth-order valence-electron chi connectivity index (χ4n) is 2.89. The lowest BCUT2D eigenvalue weighted by Crippen LogP contribution is -2.33. The van der Waals surface area contributed by atoms with Gasteiger partial charge in [-0.3, -0.25) is 9.59 Å². The molecule has 2 amide bonds. The van der Waals surface area contributed by atoms with Crippen LogP contribution in [0.1, 0.15) is 42.1 Å². The normalized spacial score (nSPS) is 14.6. The molecule has 1 aliphatic rings. The van der Waals surface area contributed by atoms with Crippen LogP contribution >= 0.6 is 0 Å². The number of carbonyl (C=O) groups excluding carboxylic acids is 2. The van der Waals surface area contributed by atoms with Crippen LogP contribution in [0.2, 0.25) is 0 Å². The van der Waals surface area contributed by atoms with Crippen molar-refractivity contribution < 1.29 is 9.59 Å². The Hall–Kier alpha value is -2.63. The van der Waals surface area contributed by atoms with Crippen LogP contribution in [0.5, 0.6) is 0 Å². The van der Waals surface area contributed by atoms with E-state index < -0.39 is 0 Å². The van der Waals surface area contributed by atoms with E-state index in [1.54, 1.807) is 36.5 Å². The summed E-state index contributed by atoms with van der Waals surface area (Å²) < 4.78 is 1.88. The lowest BCUT2D eigenvalue weighted by atomic mass is 10.2. The zero-order valence-corrected chi connectivity index (χ0v) is 12.9. The zero-order chi connectivity index (χ0) is 16.1. The summed E-state index contributed by atoms with van der Waals surface area (Å²) in [5, 5.41) is 9.75. The second-order valence-electron chi connectivity index (χ2n) is 5.70. The first-order valence-corrected chi connectivity index (χ1v) is 7.90. The number of carbonyl (C=O) groups is 2. The molecule has 3 rings (SSSR count). The van der Waals surface area contributed by atoms with Gasteiger partial charge in [0.15, 0.2) is 0 Å². The van der Waals surface area contributed by atoms with Crippen LogP contribution in [-0.2, 0) is 4.79 Å². The van der Waals surface area contributed by atoms with Gasteiger partial charge in [0, 0.05) is 11.6 Å². The van der Waals surface area contributed by atoms with Gasteiger partial charge in [-0.05, 0) is 25.0 Å². The third-order valence-electron chi connectivity index (χ3n) is 4.05. The number of amides is 2. The second-order valence-corrected chi connectivity index (χ2v) is 5.70. The number of benzene rings is 1. The van der Waals surface area contributed by atoms with E-state index in [1.165, 1.54) is 12.8 Å². The largest absolute Gasteiger partial charge is 0.343 e. The standard InChI is InChI=1S/C17H20N4O2/c22-16(12-18-17(23)13-6-2-1-3-7-13)20-15-10-11-19-21(15)14-8-4-5-9-14/h1-3,6-7,10-11,14H,4-5,8-9,12H2,(H,18,23)(H,20,22). The molecule has 0 radical (unpaired) electrons. The number of aromatic nitrogens is 2. The van der Waals surface area contributed by atoms with E-state index >= 15 is 0 Å². The molecule has 0 atom stereocenters. The minimum atomic E-state index is -0.259. The summed E-state index contributed by atoms with van der Waals surface area (Å²) in [7, 11) is 0. The number of anilines is 1. The lowest BCUT2D eigenvalue weighted by molar-refractivity contribution is -0.115. The summed E-state index contributed by atoms with van der Waals surface area (Å²) >= 11 is 0.